The van der Waals surface area contributed by atoms with Gasteiger partial charge in [0.2, 0.25) is 0 Å². The molecule has 0 amide bonds. The van der Waals surface area contributed by atoms with Crippen LogP contribution in [0.15, 0.2) is 53.7 Å². The van der Waals surface area contributed by atoms with Crippen molar-refractivity contribution in [3.63, 3.8) is 0 Å². The summed E-state index contributed by atoms with van der Waals surface area (Å²) in [6.07, 6.45) is 5.39. The molecule has 0 aromatic carbocycles. The van der Waals surface area contributed by atoms with E-state index in [9.17, 15) is 9.59 Å². The van der Waals surface area contributed by atoms with Crippen LogP contribution >= 0.6 is 11.3 Å². The summed E-state index contributed by atoms with van der Waals surface area (Å²) in [5.74, 6) is -0.318. The first-order chi connectivity index (χ1) is 12.2. The Morgan fingerprint density at radius 1 is 1.08 bits per heavy atom. The summed E-state index contributed by atoms with van der Waals surface area (Å²) < 4.78 is 4.11. The molecule has 0 radical (unpaired) electrons. The van der Waals surface area contributed by atoms with Crippen LogP contribution < -0.4 is 0 Å². The molecular formula is C18H9N3O2SSe. The number of aromatic nitrogens is 3. The van der Waals surface area contributed by atoms with Crippen LogP contribution in [0.2, 0.25) is 0 Å². The predicted molar refractivity (Wildman–Crippen MR) is 96.8 cm³/mol. The van der Waals surface area contributed by atoms with Gasteiger partial charge in [-0.3, -0.25) is 0 Å². The maximum absolute atomic E-state index is 12.4. The van der Waals surface area contributed by atoms with Crippen molar-refractivity contribution in [1.82, 2.24) is 14.8 Å². The molecule has 4 aromatic rings. The van der Waals surface area contributed by atoms with Crippen LogP contribution in [-0.4, -0.2) is 40.8 Å². The third kappa shape index (κ3) is 2.21. The van der Waals surface area contributed by atoms with E-state index < -0.39 is 0 Å². The van der Waals surface area contributed by atoms with Crippen molar-refractivity contribution < 1.29 is 9.59 Å². The number of nitrogens with zero attached hydrogens (tertiary/aromatic N) is 3. The van der Waals surface area contributed by atoms with Gasteiger partial charge in [0.25, 0.3) is 0 Å². The summed E-state index contributed by atoms with van der Waals surface area (Å²) in [5.41, 5.74) is 1.63. The van der Waals surface area contributed by atoms with E-state index >= 15 is 0 Å². The summed E-state index contributed by atoms with van der Waals surface area (Å²) in [6, 6.07) is 9.63. The predicted octanol–water partition coefficient (Wildman–Crippen LogP) is 3.00. The van der Waals surface area contributed by atoms with E-state index in [1.165, 1.54) is 11.3 Å². The summed E-state index contributed by atoms with van der Waals surface area (Å²) in [6.45, 7) is 0. The van der Waals surface area contributed by atoms with Crippen molar-refractivity contribution in [3.05, 3.63) is 68.6 Å². The molecule has 0 N–H and O–H groups in total. The SMILES string of the molecule is O=C1/C(=C\c2ccc(-n3ccc4ccnnc43)[se]2)C(=O)c2sccc21. The van der Waals surface area contributed by atoms with E-state index in [0.717, 1.165) is 20.0 Å². The second-order valence-corrected chi connectivity index (χ2v) is 8.76. The van der Waals surface area contributed by atoms with Crippen LogP contribution in [0.4, 0.5) is 0 Å². The summed E-state index contributed by atoms with van der Waals surface area (Å²) in [7, 11) is 0. The molecule has 120 valence electrons. The zero-order valence-electron chi connectivity index (χ0n) is 12.7. The first-order valence-electron chi connectivity index (χ1n) is 7.50. The molecule has 4 aromatic heterocycles. The first kappa shape index (κ1) is 14.7. The third-order valence-corrected chi connectivity index (χ3v) is 7.18. The van der Waals surface area contributed by atoms with Gasteiger partial charge in [0.15, 0.2) is 0 Å². The molecule has 4 heterocycles. The second kappa shape index (κ2) is 5.46. The molecule has 25 heavy (non-hydrogen) atoms. The monoisotopic (exact) mass is 411 g/mol. The molecule has 1 aliphatic rings. The first-order valence-corrected chi connectivity index (χ1v) is 10.1. The van der Waals surface area contributed by atoms with Crippen LogP contribution in [0.3, 0.4) is 0 Å². The fourth-order valence-electron chi connectivity index (χ4n) is 2.91. The van der Waals surface area contributed by atoms with Gasteiger partial charge in [0.1, 0.15) is 0 Å². The fourth-order valence-corrected chi connectivity index (χ4v) is 5.72. The normalized spacial score (nSPS) is 15.4. The Balaban J connectivity index is 1.55. The summed E-state index contributed by atoms with van der Waals surface area (Å²) in [5, 5.41) is 11.0. The molecule has 0 fully saturated rings. The number of allylic oxidation sites excluding steroid dienone is 1. The molecule has 7 heteroatoms. The van der Waals surface area contributed by atoms with Gasteiger partial charge in [-0.15, -0.1) is 0 Å². The number of carbonyl (C=O) groups is 2. The molecule has 5 rings (SSSR count). The van der Waals surface area contributed by atoms with Crippen molar-refractivity contribution in [2.24, 2.45) is 0 Å². The van der Waals surface area contributed by atoms with Crippen LogP contribution in [-0.2, 0) is 0 Å². The van der Waals surface area contributed by atoms with E-state index in [-0.39, 0.29) is 31.6 Å². The quantitative estimate of drug-likeness (QED) is 0.290. The number of ketones is 2. The average Bonchev–Trinajstić information content (AvgIpc) is 3.38. The van der Waals surface area contributed by atoms with Gasteiger partial charge in [-0.2, -0.15) is 0 Å². The van der Waals surface area contributed by atoms with Crippen molar-refractivity contribution in [2.45, 2.75) is 0 Å². The van der Waals surface area contributed by atoms with Crippen molar-refractivity contribution in [2.75, 3.05) is 0 Å². The number of thiophene rings is 1. The van der Waals surface area contributed by atoms with Crippen molar-refractivity contribution in [1.29, 1.82) is 0 Å². The molecule has 0 spiro atoms. The Morgan fingerprint density at radius 3 is 2.88 bits per heavy atom. The van der Waals surface area contributed by atoms with Gasteiger partial charge in [-0.25, -0.2) is 0 Å². The molecule has 0 atom stereocenters. The Kier molecular flexibility index (Phi) is 3.21. The van der Waals surface area contributed by atoms with Gasteiger partial charge < -0.3 is 0 Å². The van der Waals surface area contributed by atoms with Gasteiger partial charge in [-0.1, -0.05) is 0 Å². The van der Waals surface area contributed by atoms with Crippen LogP contribution in [0.25, 0.3) is 21.7 Å². The van der Waals surface area contributed by atoms with Crippen LogP contribution in [0, 0.1) is 0 Å². The van der Waals surface area contributed by atoms with E-state index in [4.69, 9.17) is 0 Å². The molecule has 1 aliphatic carbocycles. The molecule has 0 unspecified atom stereocenters. The molecule has 0 saturated heterocycles. The average molecular weight is 410 g/mol. The number of carbonyl (C=O) groups excluding carboxylic acids is 2. The summed E-state index contributed by atoms with van der Waals surface area (Å²) in [4.78, 5) is 25.4. The topological polar surface area (TPSA) is 64.8 Å². The molecular weight excluding hydrogens is 401 g/mol. The Labute approximate surface area is 152 Å². The fraction of sp³-hybridized carbons (Fsp3) is 0. The zero-order chi connectivity index (χ0) is 17.0. The summed E-state index contributed by atoms with van der Waals surface area (Å²) >= 11 is 1.32. The van der Waals surface area contributed by atoms with Crippen molar-refractivity contribution >= 4 is 54.5 Å². The zero-order valence-corrected chi connectivity index (χ0v) is 15.2. The number of hydrogen-bond donors (Lipinski definition) is 0. The minimum atomic E-state index is -0.163. The van der Waals surface area contributed by atoms with Crippen LogP contribution in [0.5, 0.6) is 0 Å². The van der Waals surface area contributed by atoms with Gasteiger partial charge >= 0.3 is 152 Å². The third-order valence-electron chi connectivity index (χ3n) is 4.10. The van der Waals surface area contributed by atoms with E-state index in [1.807, 2.05) is 35.0 Å². The Bertz CT molecular complexity index is 1170. The Hall–Kier alpha value is -2.60. The second-order valence-electron chi connectivity index (χ2n) is 5.55. The Morgan fingerprint density at radius 2 is 2.00 bits per heavy atom. The molecule has 5 nitrogen and oxygen atoms in total. The van der Waals surface area contributed by atoms with E-state index in [0.29, 0.717) is 10.4 Å². The number of fused-ring (bicyclic) bond motifs is 2. The molecule has 0 aliphatic heterocycles. The van der Waals surface area contributed by atoms with Gasteiger partial charge in [-0.05, 0) is 0 Å². The van der Waals surface area contributed by atoms with Gasteiger partial charge in [0.05, 0.1) is 0 Å². The molecule has 0 bridgehead atoms. The number of rotatable bonds is 2. The number of hydrogen-bond acceptors (Lipinski definition) is 5. The van der Waals surface area contributed by atoms with Gasteiger partial charge in [0, 0.05) is 0 Å². The van der Waals surface area contributed by atoms with Crippen molar-refractivity contribution in [3.8, 4) is 4.56 Å². The minimum absolute atomic E-state index is 0.00690. The maximum atomic E-state index is 12.4. The molecule has 0 saturated carbocycles. The van der Waals surface area contributed by atoms with E-state index in [2.05, 4.69) is 10.2 Å². The van der Waals surface area contributed by atoms with Crippen LogP contribution in [0.1, 0.15) is 24.5 Å². The number of Topliss-reactive ketones (excluding diaryl/α,β-unsaturated/α-hetero) is 2. The van der Waals surface area contributed by atoms with E-state index in [1.54, 1.807) is 23.7 Å². The standard InChI is InChI=1S/C18H9N3O2SSe/c22-15-12-5-8-24-17(12)16(23)13(15)9-11-1-2-14(25-11)21-7-4-10-3-6-19-20-18(10)21/h1-9H/b13-9+.